The molecule has 2 heterocycles. The zero-order chi connectivity index (χ0) is 18.1. The van der Waals surface area contributed by atoms with Crippen molar-refractivity contribution < 1.29 is 4.79 Å². The molecule has 0 aliphatic rings. The van der Waals surface area contributed by atoms with Gasteiger partial charge in [-0.25, -0.2) is 4.98 Å². The van der Waals surface area contributed by atoms with Gasteiger partial charge in [0.1, 0.15) is 0 Å². The van der Waals surface area contributed by atoms with Crippen LogP contribution < -0.4 is 0 Å². The molecule has 2 aromatic heterocycles. The molecule has 4 rings (SSSR count). The van der Waals surface area contributed by atoms with Gasteiger partial charge in [0.25, 0.3) is 5.91 Å². The van der Waals surface area contributed by atoms with E-state index in [9.17, 15) is 4.79 Å². The van der Waals surface area contributed by atoms with Crippen LogP contribution in [0.5, 0.6) is 0 Å². The number of rotatable bonds is 4. The Morgan fingerprint density at radius 2 is 1.77 bits per heavy atom. The number of carbonyl (C=O) groups is 1. The third-order valence-electron chi connectivity index (χ3n) is 4.43. The highest BCUT2D eigenvalue weighted by molar-refractivity contribution is 7.17. The van der Waals surface area contributed by atoms with Gasteiger partial charge < -0.3 is 9.47 Å². The molecule has 0 radical (unpaired) electrons. The van der Waals surface area contributed by atoms with E-state index < -0.39 is 0 Å². The lowest BCUT2D eigenvalue weighted by molar-refractivity contribution is 0.0790. The Balaban J connectivity index is 1.59. The summed E-state index contributed by atoms with van der Waals surface area (Å²) in [5, 5.41) is 0. The summed E-state index contributed by atoms with van der Waals surface area (Å²) in [5.41, 5.74) is 3.17. The van der Waals surface area contributed by atoms with Crippen molar-refractivity contribution in [3.63, 3.8) is 0 Å². The largest absolute Gasteiger partial charge is 0.337 e. The minimum absolute atomic E-state index is 0.0314. The molecule has 4 aromatic rings. The highest BCUT2D eigenvalue weighted by atomic mass is 32.1. The van der Waals surface area contributed by atoms with Crippen molar-refractivity contribution in [1.82, 2.24) is 14.5 Å². The molecule has 0 fully saturated rings. The minimum atomic E-state index is 0.0314. The molecule has 0 aliphatic carbocycles. The maximum atomic E-state index is 12.8. The van der Waals surface area contributed by atoms with E-state index in [0.29, 0.717) is 6.54 Å². The molecule has 0 N–H and O–H groups in total. The minimum Gasteiger partial charge on any atom is -0.337 e. The summed E-state index contributed by atoms with van der Waals surface area (Å²) in [6.45, 7) is 0.596. The normalized spacial score (nSPS) is 11.0. The Kier molecular flexibility index (Phi) is 4.31. The van der Waals surface area contributed by atoms with Gasteiger partial charge in [0.2, 0.25) is 0 Å². The molecule has 0 spiro atoms. The summed E-state index contributed by atoms with van der Waals surface area (Å²) in [5.74, 6) is 0.921. The molecule has 2 aromatic carbocycles. The molecule has 0 saturated heterocycles. The monoisotopic (exact) mass is 361 g/mol. The molecular weight excluding hydrogens is 342 g/mol. The third-order valence-corrected chi connectivity index (χ3v) is 5.50. The number of nitrogens with zero attached hydrogens (tertiary/aromatic N) is 3. The Hall–Kier alpha value is -2.92. The van der Waals surface area contributed by atoms with Gasteiger partial charge in [0.05, 0.1) is 20.8 Å². The van der Waals surface area contributed by atoms with Crippen molar-refractivity contribution in [3.8, 4) is 10.7 Å². The summed E-state index contributed by atoms with van der Waals surface area (Å²) in [6, 6.07) is 22.0. The number of para-hydroxylation sites is 2. The van der Waals surface area contributed by atoms with Gasteiger partial charge >= 0.3 is 0 Å². The molecule has 0 atom stereocenters. The van der Waals surface area contributed by atoms with E-state index >= 15 is 0 Å². The zero-order valence-electron chi connectivity index (χ0n) is 14.7. The van der Waals surface area contributed by atoms with E-state index in [-0.39, 0.29) is 5.91 Å². The van der Waals surface area contributed by atoms with Crippen molar-refractivity contribution in [2.24, 2.45) is 7.05 Å². The molecule has 5 heteroatoms. The average molecular weight is 361 g/mol. The van der Waals surface area contributed by atoms with Crippen LogP contribution in [0.15, 0.2) is 66.7 Å². The first-order chi connectivity index (χ1) is 12.6. The first-order valence-corrected chi connectivity index (χ1v) is 9.26. The molecule has 4 nitrogen and oxygen atoms in total. The number of imidazole rings is 1. The van der Waals surface area contributed by atoms with Crippen LogP contribution in [0.4, 0.5) is 0 Å². The number of hydrogen-bond acceptors (Lipinski definition) is 3. The van der Waals surface area contributed by atoms with E-state index in [4.69, 9.17) is 4.98 Å². The van der Waals surface area contributed by atoms with Gasteiger partial charge in [-0.2, -0.15) is 0 Å². The lowest BCUT2D eigenvalue weighted by Crippen LogP contribution is -2.25. The van der Waals surface area contributed by atoms with Crippen LogP contribution in [-0.2, 0) is 13.6 Å². The highest BCUT2D eigenvalue weighted by Gasteiger charge is 2.17. The second-order valence-electron chi connectivity index (χ2n) is 6.29. The topological polar surface area (TPSA) is 38.1 Å². The Labute approximate surface area is 156 Å². The van der Waals surface area contributed by atoms with Gasteiger partial charge in [-0.05, 0) is 29.8 Å². The Morgan fingerprint density at radius 1 is 1.04 bits per heavy atom. The Morgan fingerprint density at radius 3 is 2.54 bits per heavy atom. The van der Waals surface area contributed by atoms with Gasteiger partial charge in [-0.15, -0.1) is 11.3 Å². The van der Waals surface area contributed by atoms with Crippen molar-refractivity contribution in [1.29, 1.82) is 0 Å². The number of aromatic nitrogens is 2. The predicted molar refractivity (Wildman–Crippen MR) is 106 cm³/mol. The number of carbonyl (C=O) groups excluding carboxylic acids is 1. The van der Waals surface area contributed by atoms with Crippen molar-refractivity contribution >= 4 is 28.3 Å². The molecule has 0 unspecified atom stereocenters. The molecular formula is C21H19N3OS. The lowest BCUT2D eigenvalue weighted by Gasteiger charge is -2.16. The molecule has 0 aliphatic heterocycles. The summed E-state index contributed by atoms with van der Waals surface area (Å²) in [7, 11) is 3.84. The van der Waals surface area contributed by atoms with E-state index in [1.54, 1.807) is 4.90 Å². The maximum absolute atomic E-state index is 12.8. The van der Waals surface area contributed by atoms with Crippen LogP contribution in [0.3, 0.4) is 0 Å². The predicted octanol–water partition coefficient (Wildman–Crippen LogP) is 4.57. The van der Waals surface area contributed by atoms with Gasteiger partial charge in [0.15, 0.2) is 5.82 Å². The fraction of sp³-hybridized carbons (Fsp3) is 0.143. The van der Waals surface area contributed by atoms with Crippen LogP contribution in [0.2, 0.25) is 0 Å². The second-order valence-corrected chi connectivity index (χ2v) is 7.38. The molecule has 0 saturated carbocycles. The first-order valence-electron chi connectivity index (χ1n) is 8.44. The van der Waals surface area contributed by atoms with Crippen molar-refractivity contribution in [2.75, 3.05) is 7.05 Å². The quantitative estimate of drug-likeness (QED) is 0.534. The second kappa shape index (κ2) is 6.77. The number of hydrogen-bond donors (Lipinski definition) is 0. The van der Waals surface area contributed by atoms with E-state index in [0.717, 1.165) is 32.2 Å². The van der Waals surface area contributed by atoms with Crippen LogP contribution in [0.25, 0.3) is 21.7 Å². The molecule has 26 heavy (non-hydrogen) atoms. The Bertz CT molecular complexity index is 1070. The SMILES string of the molecule is CN(Cc1ccccc1)C(=O)c1ccc(-c2nc3ccccc3n2C)s1. The molecule has 1 amide bonds. The smallest absolute Gasteiger partial charge is 0.263 e. The van der Waals surface area contributed by atoms with Crippen LogP contribution in [0, 0.1) is 0 Å². The fourth-order valence-corrected chi connectivity index (χ4v) is 4.08. The summed E-state index contributed by atoms with van der Waals surface area (Å²) >= 11 is 1.49. The van der Waals surface area contributed by atoms with E-state index in [1.807, 2.05) is 74.8 Å². The lowest BCUT2D eigenvalue weighted by atomic mass is 10.2. The number of aryl methyl sites for hydroxylation is 1. The van der Waals surface area contributed by atoms with Crippen LogP contribution >= 0.6 is 11.3 Å². The standard InChI is InChI=1S/C21H19N3OS/c1-23(14-15-8-4-3-5-9-15)21(25)19-13-12-18(26-19)20-22-16-10-6-7-11-17(16)24(20)2/h3-13H,14H2,1-2H3. The van der Waals surface area contributed by atoms with Crippen molar-refractivity contribution in [3.05, 3.63) is 77.2 Å². The van der Waals surface area contributed by atoms with Crippen LogP contribution in [0.1, 0.15) is 15.2 Å². The fourth-order valence-electron chi connectivity index (χ4n) is 3.06. The van der Waals surface area contributed by atoms with Crippen molar-refractivity contribution in [2.45, 2.75) is 6.54 Å². The number of benzene rings is 2. The summed E-state index contributed by atoms with van der Waals surface area (Å²) in [4.78, 5) is 21.0. The maximum Gasteiger partial charge on any atom is 0.263 e. The highest BCUT2D eigenvalue weighted by Crippen LogP contribution is 2.30. The average Bonchev–Trinajstić information content (AvgIpc) is 3.27. The first kappa shape index (κ1) is 16.5. The zero-order valence-corrected chi connectivity index (χ0v) is 15.5. The van der Waals surface area contributed by atoms with E-state index in [2.05, 4.69) is 10.6 Å². The third kappa shape index (κ3) is 3.02. The van der Waals surface area contributed by atoms with Gasteiger partial charge in [-0.3, -0.25) is 4.79 Å². The molecule has 0 bridgehead atoms. The van der Waals surface area contributed by atoms with E-state index in [1.165, 1.54) is 11.3 Å². The number of fused-ring (bicyclic) bond motifs is 1. The number of amides is 1. The number of thiophene rings is 1. The summed E-state index contributed by atoms with van der Waals surface area (Å²) in [6.07, 6.45) is 0. The van der Waals surface area contributed by atoms with Gasteiger partial charge in [-0.1, -0.05) is 42.5 Å². The summed E-state index contributed by atoms with van der Waals surface area (Å²) < 4.78 is 2.07. The molecule has 130 valence electrons. The van der Waals surface area contributed by atoms with Crippen LogP contribution in [-0.4, -0.2) is 27.4 Å². The van der Waals surface area contributed by atoms with Gasteiger partial charge in [0, 0.05) is 20.6 Å².